The van der Waals surface area contributed by atoms with Gasteiger partial charge in [-0.2, -0.15) is 0 Å². The average molecular weight is 510 g/mol. The number of aliphatic hydroxyl groups is 4. The van der Waals surface area contributed by atoms with Crippen molar-refractivity contribution in [3.8, 4) is 0 Å². The van der Waals surface area contributed by atoms with Gasteiger partial charge in [0.05, 0.1) is 48.2 Å². The Morgan fingerprint density at radius 2 is 1.07 bits per heavy atom. The highest BCUT2D eigenvalue weighted by molar-refractivity contribution is 8.22. The van der Waals surface area contributed by atoms with Gasteiger partial charge in [0.15, 0.2) is 0 Å². The van der Waals surface area contributed by atoms with Crippen LogP contribution in [0.4, 0.5) is 0 Å². The second kappa shape index (κ2) is 9.48. The van der Waals surface area contributed by atoms with Crippen LogP contribution in [0.25, 0.3) is 0 Å². The van der Waals surface area contributed by atoms with Gasteiger partial charge in [-0.25, -0.2) is 0 Å². The Morgan fingerprint density at radius 3 is 1.30 bits per heavy atom. The van der Waals surface area contributed by atoms with E-state index in [0.717, 1.165) is 0 Å². The van der Waals surface area contributed by atoms with E-state index in [1.165, 1.54) is 25.1 Å². The van der Waals surface area contributed by atoms with E-state index in [9.17, 15) is 5.11 Å². The molecular formula is C20H35NO4S4Si. The Labute approximate surface area is 198 Å². The molecule has 3 rings (SSSR count). The van der Waals surface area contributed by atoms with Crippen LogP contribution in [0, 0.1) is 0 Å². The molecule has 2 aliphatic heterocycles. The van der Waals surface area contributed by atoms with Crippen molar-refractivity contribution in [2.75, 3.05) is 19.8 Å². The molecule has 0 amide bonds. The van der Waals surface area contributed by atoms with Crippen molar-refractivity contribution in [1.82, 2.24) is 0 Å². The molecule has 0 spiro atoms. The van der Waals surface area contributed by atoms with Gasteiger partial charge in [-0.15, -0.1) is 47.0 Å². The van der Waals surface area contributed by atoms with Crippen LogP contribution in [-0.2, 0) is 6.61 Å². The number of aliphatic hydroxyl groups excluding tert-OH is 4. The first kappa shape index (κ1) is 26.9. The van der Waals surface area contributed by atoms with E-state index >= 15 is 0 Å². The molecule has 172 valence electrons. The molecule has 0 radical (unpaired) electrons. The number of rotatable bonds is 5. The Kier molecular flexibility index (Phi) is 8.49. The number of fused-ring (bicyclic) bond motifs is 2. The van der Waals surface area contributed by atoms with Crippen molar-refractivity contribution in [2.24, 2.45) is 5.73 Å². The normalized spacial score (nSPS) is 19.2. The lowest BCUT2D eigenvalue weighted by Crippen LogP contribution is -2.50. The van der Waals surface area contributed by atoms with Gasteiger partial charge in [0.2, 0.25) is 0 Å². The fourth-order valence-electron chi connectivity index (χ4n) is 3.12. The summed E-state index contributed by atoms with van der Waals surface area (Å²) in [6, 6.07) is 0. The quantitative estimate of drug-likeness (QED) is 0.382. The van der Waals surface area contributed by atoms with Crippen molar-refractivity contribution in [3.63, 3.8) is 0 Å². The summed E-state index contributed by atoms with van der Waals surface area (Å²) in [5, 5.41) is 36.7. The third-order valence-corrected chi connectivity index (χ3v) is 12.8. The second-order valence-electron chi connectivity index (χ2n) is 9.62. The number of hydrogen-bond donors (Lipinski definition) is 5. The minimum atomic E-state index is -1.46. The van der Waals surface area contributed by atoms with Crippen molar-refractivity contribution in [1.29, 1.82) is 0 Å². The number of hydrogen-bond acceptors (Lipinski definition) is 9. The third kappa shape index (κ3) is 5.76. The van der Waals surface area contributed by atoms with E-state index in [0.29, 0.717) is 0 Å². The Bertz CT molecular complexity index is 739. The highest BCUT2D eigenvalue weighted by Gasteiger charge is 2.44. The number of nitrogens with two attached hydrogens (primary N) is 1. The van der Waals surface area contributed by atoms with Crippen molar-refractivity contribution in [2.45, 2.75) is 87.2 Å². The molecule has 1 aromatic rings. The van der Waals surface area contributed by atoms with E-state index in [4.69, 9.17) is 21.1 Å². The Morgan fingerprint density at radius 1 is 0.733 bits per heavy atom. The molecule has 0 aromatic heterocycles. The molecule has 2 aliphatic rings. The van der Waals surface area contributed by atoms with Crippen LogP contribution in [0.5, 0.6) is 0 Å². The van der Waals surface area contributed by atoms with Gasteiger partial charge in [-0.1, -0.05) is 19.6 Å². The van der Waals surface area contributed by atoms with Crippen LogP contribution in [-0.4, -0.2) is 62.0 Å². The fourth-order valence-corrected chi connectivity index (χ4v) is 12.8. The number of benzene rings is 1. The first-order valence-corrected chi connectivity index (χ1v) is 16.6. The molecule has 30 heavy (non-hydrogen) atoms. The largest absolute Gasteiger partial charge is 0.394 e. The summed E-state index contributed by atoms with van der Waals surface area (Å²) in [4.78, 5) is 5.67. The van der Waals surface area contributed by atoms with Gasteiger partial charge >= 0.3 is 0 Å². The van der Waals surface area contributed by atoms with Crippen LogP contribution in [0.3, 0.4) is 0 Å². The van der Waals surface area contributed by atoms with E-state index in [-0.39, 0.29) is 14.8 Å². The molecule has 6 N–H and O–H groups in total. The van der Waals surface area contributed by atoms with Crippen molar-refractivity contribution in [3.05, 3.63) is 5.56 Å². The summed E-state index contributed by atoms with van der Waals surface area (Å²) in [5.41, 5.74) is 5.12. The van der Waals surface area contributed by atoms with Gasteiger partial charge in [-0.3, -0.25) is 0 Å². The minimum Gasteiger partial charge on any atom is -0.394 e. The van der Waals surface area contributed by atoms with Crippen molar-refractivity contribution < 1.29 is 20.4 Å². The van der Waals surface area contributed by atoms with E-state index in [1.807, 2.05) is 47.0 Å². The molecule has 10 heteroatoms. The lowest BCUT2D eigenvalue weighted by atomic mass is 10.1. The zero-order valence-corrected chi connectivity index (χ0v) is 23.1. The Balaban J connectivity index is 0.000000343. The summed E-state index contributed by atoms with van der Waals surface area (Å²) in [7, 11) is -1.46. The monoisotopic (exact) mass is 509 g/mol. The van der Waals surface area contributed by atoms with Crippen LogP contribution in [0.1, 0.15) is 33.3 Å². The predicted molar refractivity (Wildman–Crippen MR) is 135 cm³/mol. The third-order valence-electron chi connectivity index (χ3n) is 4.66. The maximum atomic E-state index is 10.1. The van der Waals surface area contributed by atoms with Gasteiger partial charge in [0, 0.05) is 25.1 Å². The molecule has 0 saturated carbocycles. The zero-order valence-electron chi connectivity index (χ0n) is 18.8. The average Bonchev–Trinajstić information content (AvgIpc) is 3.11. The van der Waals surface area contributed by atoms with E-state index in [1.54, 1.807) is 5.19 Å². The standard InChI is InChI=1S/C16H24OS4Si.C4H11NO3/c1-15(2)18-10-9(8-17)11-13(21-16(3,4)19-11)14(12(10)20-15)22(5,6)7;5-4(1-6,2-7)3-8/h17H,8H2,1-7H3;6-8H,1-3,5H2. The van der Waals surface area contributed by atoms with E-state index in [2.05, 4.69) is 47.3 Å². The van der Waals surface area contributed by atoms with Crippen LogP contribution in [0.15, 0.2) is 19.6 Å². The topological polar surface area (TPSA) is 107 Å². The first-order chi connectivity index (χ1) is 13.6. The van der Waals surface area contributed by atoms with Crippen LogP contribution >= 0.6 is 47.0 Å². The lowest BCUT2D eigenvalue weighted by molar-refractivity contribution is 0.0697. The Hall–Kier alpha value is 0.637. The predicted octanol–water partition coefficient (Wildman–Crippen LogP) is 3.25. The van der Waals surface area contributed by atoms with Gasteiger partial charge in [0.25, 0.3) is 0 Å². The molecule has 2 heterocycles. The van der Waals surface area contributed by atoms with Gasteiger partial charge < -0.3 is 26.2 Å². The van der Waals surface area contributed by atoms with Gasteiger partial charge in [0.1, 0.15) is 0 Å². The minimum absolute atomic E-state index is 0.157. The SMILES string of the molecule is CC1(C)Sc2c(CO)c3c(c([Si](C)(C)C)c2S1)SC(C)(C)S3.NC(CO)(CO)CO. The summed E-state index contributed by atoms with van der Waals surface area (Å²) < 4.78 is 0.335. The summed E-state index contributed by atoms with van der Waals surface area (Å²) >= 11 is 7.90. The molecule has 0 unspecified atom stereocenters. The summed E-state index contributed by atoms with van der Waals surface area (Å²) in [5.74, 6) is 0. The molecule has 0 bridgehead atoms. The maximum Gasteiger partial charge on any atom is 0.0856 e. The van der Waals surface area contributed by atoms with Crippen LogP contribution in [0.2, 0.25) is 19.6 Å². The van der Waals surface area contributed by atoms with Crippen LogP contribution < -0.4 is 10.9 Å². The smallest absolute Gasteiger partial charge is 0.0856 e. The lowest BCUT2D eigenvalue weighted by Gasteiger charge is -2.25. The van der Waals surface area contributed by atoms with Crippen molar-refractivity contribution >= 4 is 60.3 Å². The van der Waals surface area contributed by atoms with E-state index < -0.39 is 33.4 Å². The zero-order chi connectivity index (χ0) is 23.1. The molecular weight excluding hydrogens is 475 g/mol. The highest BCUT2D eigenvalue weighted by Crippen LogP contribution is 2.63. The molecule has 0 fully saturated rings. The molecule has 0 atom stereocenters. The summed E-state index contributed by atoms with van der Waals surface area (Å²) in [6.07, 6.45) is 0. The fraction of sp³-hybridized carbons (Fsp3) is 0.700. The second-order valence-corrected chi connectivity index (χ2v) is 21.7. The maximum absolute atomic E-state index is 10.1. The molecule has 0 saturated heterocycles. The molecule has 0 aliphatic carbocycles. The first-order valence-electron chi connectivity index (χ1n) is 9.85. The molecule has 1 aromatic carbocycles. The summed E-state index contributed by atoms with van der Waals surface area (Å²) in [6.45, 7) is 15.5. The number of thioether (sulfide) groups is 4. The highest BCUT2D eigenvalue weighted by atomic mass is 32.2. The van der Waals surface area contributed by atoms with Gasteiger partial charge in [-0.05, 0) is 32.9 Å². The molecule has 5 nitrogen and oxygen atoms in total.